The summed E-state index contributed by atoms with van der Waals surface area (Å²) in [6.07, 6.45) is 0. The monoisotopic (exact) mass is 336 g/mol. The van der Waals surface area contributed by atoms with Gasteiger partial charge in [-0.3, -0.25) is 10.1 Å². The van der Waals surface area contributed by atoms with Gasteiger partial charge in [-0.1, -0.05) is 18.2 Å². The van der Waals surface area contributed by atoms with Gasteiger partial charge in [0.2, 0.25) is 0 Å². The first-order chi connectivity index (χ1) is 9.56. The van der Waals surface area contributed by atoms with Crippen LogP contribution < -0.4 is 5.32 Å². The number of hydrogen-bond donors (Lipinski definition) is 2. The van der Waals surface area contributed by atoms with Crippen LogP contribution in [0.15, 0.2) is 46.9 Å². The molecule has 0 atom stereocenters. The van der Waals surface area contributed by atoms with Gasteiger partial charge in [-0.15, -0.1) is 0 Å². The summed E-state index contributed by atoms with van der Waals surface area (Å²) < 4.78 is 0.477. The Labute approximate surface area is 124 Å². The molecule has 0 radical (unpaired) electrons. The Morgan fingerprint density at radius 1 is 1.10 bits per heavy atom. The largest absolute Gasteiger partial charge is 0.508 e. The van der Waals surface area contributed by atoms with E-state index in [1.807, 2.05) is 18.2 Å². The normalized spacial score (nSPS) is 10.4. The lowest BCUT2D eigenvalue weighted by Crippen LogP contribution is -2.12. The van der Waals surface area contributed by atoms with Crippen molar-refractivity contribution in [2.75, 3.05) is 0 Å². The number of halogens is 1. The Morgan fingerprint density at radius 2 is 1.70 bits per heavy atom. The van der Waals surface area contributed by atoms with Crippen LogP contribution in [0.2, 0.25) is 0 Å². The average Bonchev–Trinajstić information content (AvgIpc) is 2.42. The van der Waals surface area contributed by atoms with Gasteiger partial charge in [-0.05, 0) is 45.3 Å². The van der Waals surface area contributed by atoms with E-state index in [2.05, 4.69) is 21.2 Å². The van der Waals surface area contributed by atoms with Gasteiger partial charge in [0, 0.05) is 19.2 Å². The molecule has 2 N–H and O–H groups in total. The van der Waals surface area contributed by atoms with Crippen LogP contribution in [0.5, 0.6) is 5.75 Å². The van der Waals surface area contributed by atoms with Crippen molar-refractivity contribution < 1.29 is 10.0 Å². The van der Waals surface area contributed by atoms with Gasteiger partial charge in [0.1, 0.15) is 5.75 Å². The lowest BCUT2D eigenvalue weighted by molar-refractivity contribution is -0.385. The third-order valence-electron chi connectivity index (χ3n) is 2.80. The number of benzene rings is 2. The maximum absolute atomic E-state index is 10.8. The Balaban J connectivity index is 1.96. The second-order valence-corrected chi connectivity index (χ2v) is 5.17. The van der Waals surface area contributed by atoms with Gasteiger partial charge in [-0.2, -0.15) is 0 Å². The van der Waals surface area contributed by atoms with Gasteiger partial charge < -0.3 is 10.4 Å². The molecule has 0 spiro atoms. The number of nitro benzene ring substituents is 1. The molecule has 20 heavy (non-hydrogen) atoms. The van der Waals surface area contributed by atoms with Crippen LogP contribution in [0, 0.1) is 10.1 Å². The van der Waals surface area contributed by atoms with Crippen molar-refractivity contribution in [3.63, 3.8) is 0 Å². The zero-order valence-electron chi connectivity index (χ0n) is 10.5. The van der Waals surface area contributed by atoms with Crippen molar-refractivity contribution in [2.24, 2.45) is 0 Å². The molecule has 0 aromatic heterocycles. The molecule has 0 aliphatic heterocycles. The first kappa shape index (κ1) is 14.5. The second-order valence-electron chi connectivity index (χ2n) is 4.31. The second kappa shape index (κ2) is 6.49. The number of phenols is 1. The number of aromatic hydroxyl groups is 1. The van der Waals surface area contributed by atoms with E-state index in [-0.39, 0.29) is 11.4 Å². The van der Waals surface area contributed by atoms with Gasteiger partial charge >= 0.3 is 0 Å². The highest BCUT2D eigenvalue weighted by atomic mass is 79.9. The van der Waals surface area contributed by atoms with E-state index in [1.54, 1.807) is 24.3 Å². The summed E-state index contributed by atoms with van der Waals surface area (Å²) in [4.78, 5) is 10.4. The lowest BCUT2D eigenvalue weighted by Gasteiger charge is -2.06. The van der Waals surface area contributed by atoms with Crippen LogP contribution in [-0.2, 0) is 13.1 Å². The molecule has 0 bridgehead atoms. The fourth-order valence-electron chi connectivity index (χ4n) is 1.77. The average molecular weight is 337 g/mol. The first-order valence-corrected chi connectivity index (χ1v) is 6.77. The highest BCUT2D eigenvalue weighted by molar-refractivity contribution is 9.10. The Morgan fingerprint density at radius 3 is 2.35 bits per heavy atom. The van der Waals surface area contributed by atoms with Gasteiger partial charge in [0.25, 0.3) is 5.69 Å². The van der Waals surface area contributed by atoms with Crippen molar-refractivity contribution in [1.29, 1.82) is 0 Å². The maximum atomic E-state index is 10.8. The highest BCUT2D eigenvalue weighted by Gasteiger charge is 2.11. The highest BCUT2D eigenvalue weighted by Crippen LogP contribution is 2.25. The van der Waals surface area contributed by atoms with E-state index in [0.717, 1.165) is 11.1 Å². The van der Waals surface area contributed by atoms with Crippen molar-refractivity contribution in [1.82, 2.24) is 5.32 Å². The number of nitro groups is 1. The van der Waals surface area contributed by atoms with E-state index in [4.69, 9.17) is 0 Å². The summed E-state index contributed by atoms with van der Waals surface area (Å²) in [5, 5.41) is 23.2. The fraction of sp³-hybridized carbons (Fsp3) is 0.143. The molecule has 0 aliphatic rings. The summed E-state index contributed by atoms with van der Waals surface area (Å²) in [5.74, 6) is 0.234. The van der Waals surface area contributed by atoms with Crippen LogP contribution in [-0.4, -0.2) is 10.0 Å². The van der Waals surface area contributed by atoms with Crippen molar-refractivity contribution in [3.05, 3.63) is 68.2 Å². The topological polar surface area (TPSA) is 75.4 Å². The smallest absolute Gasteiger partial charge is 0.283 e. The minimum atomic E-state index is -0.409. The number of hydrogen-bond acceptors (Lipinski definition) is 4. The molecular weight excluding hydrogens is 324 g/mol. The summed E-state index contributed by atoms with van der Waals surface area (Å²) in [5.41, 5.74) is 1.95. The molecule has 2 aromatic carbocycles. The van der Waals surface area contributed by atoms with Crippen LogP contribution in [0.1, 0.15) is 11.1 Å². The fourth-order valence-corrected chi connectivity index (χ4v) is 2.16. The molecule has 104 valence electrons. The van der Waals surface area contributed by atoms with Gasteiger partial charge in [-0.25, -0.2) is 0 Å². The molecule has 6 heteroatoms. The van der Waals surface area contributed by atoms with E-state index < -0.39 is 4.92 Å². The molecule has 0 saturated carbocycles. The third-order valence-corrected chi connectivity index (χ3v) is 3.47. The Bertz CT molecular complexity index is 614. The quantitative estimate of drug-likeness (QED) is 0.648. The van der Waals surface area contributed by atoms with Crippen LogP contribution in [0.25, 0.3) is 0 Å². The summed E-state index contributed by atoms with van der Waals surface area (Å²) in [7, 11) is 0. The molecule has 0 aliphatic carbocycles. The summed E-state index contributed by atoms with van der Waals surface area (Å²) in [6.45, 7) is 1.17. The Kier molecular flexibility index (Phi) is 4.70. The summed E-state index contributed by atoms with van der Waals surface area (Å²) >= 11 is 3.16. The van der Waals surface area contributed by atoms with E-state index in [1.165, 1.54) is 0 Å². The molecule has 2 rings (SSSR count). The molecule has 2 aromatic rings. The van der Waals surface area contributed by atoms with E-state index in [9.17, 15) is 15.2 Å². The van der Waals surface area contributed by atoms with E-state index in [0.29, 0.717) is 17.6 Å². The minimum absolute atomic E-state index is 0.0638. The molecule has 0 fully saturated rings. The van der Waals surface area contributed by atoms with Crippen molar-refractivity contribution >= 4 is 21.6 Å². The predicted molar refractivity (Wildman–Crippen MR) is 79.4 cm³/mol. The van der Waals surface area contributed by atoms with Gasteiger partial charge in [0.15, 0.2) is 0 Å². The number of rotatable bonds is 5. The first-order valence-electron chi connectivity index (χ1n) is 5.97. The Hall–Kier alpha value is -1.92. The van der Waals surface area contributed by atoms with Crippen LogP contribution in [0.4, 0.5) is 5.69 Å². The SMILES string of the molecule is O=[N+]([O-])c1cc(CNCc2ccc(O)cc2)ccc1Br. The van der Waals surface area contributed by atoms with Crippen molar-refractivity contribution in [3.8, 4) is 5.75 Å². The number of phenolic OH excluding ortho intramolecular Hbond substituents is 1. The lowest BCUT2D eigenvalue weighted by atomic mass is 10.2. The predicted octanol–water partition coefficient (Wildman–Crippen LogP) is 3.35. The zero-order valence-corrected chi connectivity index (χ0v) is 12.1. The maximum Gasteiger partial charge on any atom is 0.283 e. The van der Waals surface area contributed by atoms with Crippen LogP contribution in [0.3, 0.4) is 0 Å². The molecule has 0 heterocycles. The molecule has 0 amide bonds. The van der Waals surface area contributed by atoms with Crippen LogP contribution >= 0.6 is 15.9 Å². The number of nitrogens with one attached hydrogen (secondary N) is 1. The molecule has 0 saturated heterocycles. The standard InChI is InChI=1S/C14H13BrN2O3/c15-13-6-3-11(7-14(13)17(19)20)9-16-8-10-1-4-12(18)5-2-10/h1-7,16,18H,8-9H2. The third kappa shape index (κ3) is 3.79. The molecule has 5 nitrogen and oxygen atoms in total. The zero-order chi connectivity index (χ0) is 14.5. The van der Waals surface area contributed by atoms with Gasteiger partial charge in [0.05, 0.1) is 9.40 Å². The summed E-state index contributed by atoms with van der Waals surface area (Å²) in [6, 6.07) is 12.0. The molecule has 0 unspecified atom stereocenters. The van der Waals surface area contributed by atoms with Crippen molar-refractivity contribution in [2.45, 2.75) is 13.1 Å². The minimum Gasteiger partial charge on any atom is -0.508 e. The molecular formula is C14H13BrN2O3. The number of nitrogens with zero attached hydrogens (tertiary/aromatic N) is 1. The van der Waals surface area contributed by atoms with E-state index >= 15 is 0 Å².